The summed E-state index contributed by atoms with van der Waals surface area (Å²) >= 11 is 4.65. The molecule has 4 aromatic rings. The van der Waals surface area contributed by atoms with Gasteiger partial charge in [0.25, 0.3) is 0 Å². The van der Waals surface area contributed by atoms with Gasteiger partial charge in [0, 0.05) is 0 Å². The predicted molar refractivity (Wildman–Crippen MR) is 108 cm³/mol. The molecule has 0 bridgehead atoms. The Morgan fingerprint density at radius 1 is 1.04 bits per heavy atom. The number of para-hydroxylation sites is 2. The molecular weight excluding hydrogens is 370 g/mol. The number of hydrogen-bond donors (Lipinski definition) is 1. The second-order valence-corrected chi connectivity index (χ2v) is 8.95. The largest absolute Gasteiger partial charge is 0.301 e. The van der Waals surface area contributed by atoms with Crippen LogP contribution >= 0.6 is 34.4 Å². The van der Waals surface area contributed by atoms with Crippen LogP contribution in [0.15, 0.2) is 52.9 Å². The highest BCUT2D eigenvalue weighted by Crippen LogP contribution is 2.34. The molecule has 0 radical (unpaired) electrons. The number of nitrogens with one attached hydrogen (secondary N) is 1. The van der Waals surface area contributed by atoms with Crippen molar-refractivity contribution < 1.29 is 4.79 Å². The molecule has 4 rings (SSSR count). The number of carbonyl (C=O) groups is 1. The summed E-state index contributed by atoms with van der Waals surface area (Å²) in [7, 11) is 0. The van der Waals surface area contributed by atoms with Gasteiger partial charge in [-0.05, 0) is 30.7 Å². The number of carbonyl (C=O) groups excluding carboxylic acids is 1. The molecule has 2 aromatic heterocycles. The summed E-state index contributed by atoms with van der Waals surface area (Å²) in [5, 5.41) is 3.42. The third-order valence-corrected chi connectivity index (χ3v) is 7.15. The quantitative estimate of drug-likeness (QED) is 0.466. The fraction of sp³-hybridized carbons (Fsp3) is 0.167. The summed E-state index contributed by atoms with van der Waals surface area (Å²) in [6.45, 7) is 2.02. The van der Waals surface area contributed by atoms with E-state index in [0.29, 0.717) is 5.13 Å². The molecule has 0 unspecified atom stereocenters. The van der Waals surface area contributed by atoms with Gasteiger partial charge in [0.1, 0.15) is 0 Å². The number of nitrogens with zero attached hydrogens (tertiary/aromatic N) is 2. The van der Waals surface area contributed by atoms with E-state index in [1.165, 1.54) is 23.1 Å². The van der Waals surface area contributed by atoms with Crippen molar-refractivity contribution in [2.45, 2.75) is 22.9 Å². The Balaban J connectivity index is 1.50. The zero-order valence-corrected chi connectivity index (χ0v) is 15.9. The van der Waals surface area contributed by atoms with Gasteiger partial charge in [0.15, 0.2) is 9.47 Å². The highest BCUT2D eigenvalue weighted by molar-refractivity contribution is 8.02. The molecule has 126 valence electrons. The Morgan fingerprint density at radius 3 is 2.32 bits per heavy atom. The van der Waals surface area contributed by atoms with E-state index in [9.17, 15) is 4.79 Å². The minimum absolute atomic E-state index is 0.0224. The molecule has 0 aliphatic heterocycles. The monoisotopic (exact) mass is 385 g/mol. The number of aromatic nitrogens is 2. The summed E-state index contributed by atoms with van der Waals surface area (Å²) in [5.74, 6) is -0.0224. The number of thiazole rings is 2. The van der Waals surface area contributed by atoms with Crippen molar-refractivity contribution >= 4 is 65.9 Å². The number of hydrogen-bond acceptors (Lipinski definition) is 6. The molecule has 1 amide bonds. The zero-order valence-electron chi connectivity index (χ0n) is 13.4. The van der Waals surface area contributed by atoms with Crippen molar-refractivity contribution in [1.82, 2.24) is 9.97 Å². The van der Waals surface area contributed by atoms with Crippen molar-refractivity contribution in [2.75, 3.05) is 5.32 Å². The van der Waals surface area contributed by atoms with E-state index in [-0.39, 0.29) is 11.2 Å². The first kappa shape index (κ1) is 16.5. The lowest BCUT2D eigenvalue weighted by Gasteiger charge is -2.11. The molecule has 25 heavy (non-hydrogen) atoms. The zero-order chi connectivity index (χ0) is 17.2. The average Bonchev–Trinajstić information content (AvgIpc) is 3.21. The van der Waals surface area contributed by atoms with Crippen molar-refractivity contribution in [1.29, 1.82) is 0 Å². The Bertz CT molecular complexity index is 974. The normalized spacial score (nSPS) is 12.5. The Hall–Kier alpha value is -1.96. The van der Waals surface area contributed by atoms with E-state index < -0.39 is 0 Å². The maximum absolute atomic E-state index is 12.7. The smallest absolute Gasteiger partial charge is 0.239 e. The van der Waals surface area contributed by atoms with Crippen LogP contribution in [0.25, 0.3) is 20.4 Å². The number of amides is 1. The lowest BCUT2D eigenvalue weighted by Crippen LogP contribution is -2.24. The lowest BCUT2D eigenvalue weighted by atomic mass is 10.3. The maximum atomic E-state index is 12.7. The van der Waals surface area contributed by atoms with Crippen molar-refractivity contribution in [3.8, 4) is 0 Å². The van der Waals surface area contributed by atoms with E-state index in [0.717, 1.165) is 31.2 Å². The highest BCUT2D eigenvalue weighted by atomic mass is 32.2. The van der Waals surface area contributed by atoms with Gasteiger partial charge >= 0.3 is 0 Å². The van der Waals surface area contributed by atoms with Crippen LogP contribution in [0.1, 0.15) is 13.3 Å². The lowest BCUT2D eigenvalue weighted by molar-refractivity contribution is -0.115. The third-order valence-electron chi connectivity index (χ3n) is 3.70. The minimum Gasteiger partial charge on any atom is -0.301 e. The van der Waals surface area contributed by atoms with Crippen LogP contribution in [0.3, 0.4) is 0 Å². The third kappa shape index (κ3) is 3.53. The Labute approximate surface area is 157 Å². The summed E-state index contributed by atoms with van der Waals surface area (Å²) in [6, 6.07) is 15.9. The summed E-state index contributed by atoms with van der Waals surface area (Å²) < 4.78 is 3.14. The fourth-order valence-corrected chi connectivity index (χ4v) is 5.56. The maximum Gasteiger partial charge on any atom is 0.239 e. The molecule has 1 atom stereocenters. The van der Waals surface area contributed by atoms with Gasteiger partial charge in [0.2, 0.25) is 5.91 Å². The van der Waals surface area contributed by atoms with E-state index in [2.05, 4.69) is 21.4 Å². The van der Waals surface area contributed by atoms with Crippen LogP contribution < -0.4 is 5.32 Å². The molecule has 0 spiro atoms. The van der Waals surface area contributed by atoms with Gasteiger partial charge in [-0.3, -0.25) is 4.79 Å². The van der Waals surface area contributed by atoms with E-state index in [1.807, 2.05) is 49.4 Å². The number of thioether (sulfide) groups is 1. The summed E-state index contributed by atoms with van der Waals surface area (Å²) in [5.41, 5.74) is 1.89. The molecule has 0 aliphatic carbocycles. The van der Waals surface area contributed by atoms with E-state index in [1.54, 1.807) is 11.3 Å². The van der Waals surface area contributed by atoms with Crippen molar-refractivity contribution in [2.24, 2.45) is 0 Å². The second kappa shape index (κ2) is 7.11. The molecule has 4 nitrogen and oxygen atoms in total. The summed E-state index contributed by atoms with van der Waals surface area (Å²) in [6.07, 6.45) is 0.733. The molecule has 0 fully saturated rings. The highest BCUT2D eigenvalue weighted by Gasteiger charge is 2.21. The SMILES string of the molecule is CC[C@@H](Sc1nc2ccccc2s1)C(=O)Nc1nc2ccccc2s1. The van der Waals surface area contributed by atoms with Crippen molar-refractivity contribution in [3.63, 3.8) is 0 Å². The molecule has 0 saturated carbocycles. The van der Waals surface area contributed by atoms with Gasteiger partial charge in [-0.2, -0.15) is 0 Å². The van der Waals surface area contributed by atoms with Gasteiger partial charge in [-0.1, -0.05) is 54.3 Å². The Morgan fingerprint density at radius 2 is 1.68 bits per heavy atom. The van der Waals surface area contributed by atoms with Crippen LogP contribution in [0.5, 0.6) is 0 Å². The fourth-order valence-electron chi connectivity index (χ4n) is 2.46. The number of rotatable bonds is 5. The van der Waals surface area contributed by atoms with Crippen LogP contribution in [0.4, 0.5) is 5.13 Å². The van der Waals surface area contributed by atoms with Crippen LogP contribution in [-0.4, -0.2) is 21.1 Å². The van der Waals surface area contributed by atoms with Crippen LogP contribution in [0, 0.1) is 0 Å². The molecule has 7 heteroatoms. The number of anilines is 1. The second-order valence-electron chi connectivity index (χ2n) is 5.44. The minimum atomic E-state index is -0.187. The van der Waals surface area contributed by atoms with Gasteiger partial charge in [-0.15, -0.1) is 11.3 Å². The Kier molecular flexibility index (Phi) is 4.70. The first-order valence-corrected chi connectivity index (χ1v) is 10.4. The van der Waals surface area contributed by atoms with Crippen LogP contribution in [-0.2, 0) is 4.79 Å². The molecule has 1 N–H and O–H groups in total. The van der Waals surface area contributed by atoms with Gasteiger partial charge in [0.05, 0.1) is 25.7 Å². The molecule has 2 heterocycles. The number of fused-ring (bicyclic) bond motifs is 2. The van der Waals surface area contributed by atoms with Gasteiger partial charge < -0.3 is 5.32 Å². The molecule has 2 aromatic carbocycles. The summed E-state index contributed by atoms with van der Waals surface area (Å²) in [4.78, 5) is 21.7. The first-order valence-electron chi connectivity index (χ1n) is 7.91. The number of benzene rings is 2. The molecular formula is C18H15N3OS3. The molecule has 0 saturated heterocycles. The van der Waals surface area contributed by atoms with Crippen molar-refractivity contribution in [3.05, 3.63) is 48.5 Å². The standard InChI is InChI=1S/C18H15N3OS3/c1-2-13(24-18-20-12-8-4-6-10-15(12)25-18)16(22)21-17-19-11-7-3-5-9-14(11)23-17/h3-10,13H,2H2,1H3,(H,19,21,22)/t13-/m1/s1. The topological polar surface area (TPSA) is 54.9 Å². The van der Waals surface area contributed by atoms with E-state index >= 15 is 0 Å². The average molecular weight is 386 g/mol. The first-order chi connectivity index (χ1) is 12.2. The molecule has 0 aliphatic rings. The van der Waals surface area contributed by atoms with Crippen LogP contribution in [0.2, 0.25) is 0 Å². The van der Waals surface area contributed by atoms with E-state index in [4.69, 9.17) is 0 Å². The predicted octanol–water partition coefficient (Wildman–Crippen LogP) is 5.42. The van der Waals surface area contributed by atoms with Gasteiger partial charge in [-0.25, -0.2) is 9.97 Å².